The van der Waals surface area contributed by atoms with Gasteiger partial charge in [0.1, 0.15) is 5.76 Å². The van der Waals surface area contributed by atoms with E-state index in [9.17, 15) is 9.59 Å². The molecule has 7 nitrogen and oxygen atoms in total. The van der Waals surface area contributed by atoms with Crippen molar-refractivity contribution in [1.29, 1.82) is 0 Å². The number of ether oxygens (including phenoxy) is 1. The Bertz CT molecular complexity index is 772. The van der Waals surface area contributed by atoms with E-state index in [4.69, 9.17) is 32.5 Å². The first-order valence-electron chi connectivity index (χ1n) is 7.51. The number of aromatic nitrogens is 2. The largest absolute Gasteiger partial charge is 0.453 e. The first kappa shape index (κ1) is 19.2. The summed E-state index contributed by atoms with van der Waals surface area (Å²) in [6, 6.07) is 1.45. The predicted molar refractivity (Wildman–Crippen MR) is 92.7 cm³/mol. The van der Waals surface area contributed by atoms with Gasteiger partial charge in [-0.25, -0.2) is 4.98 Å². The number of rotatable bonds is 6. The minimum absolute atomic E-state index is 0.112. The smallest absolute Gasteiger partial charge is 0.306 e. The Balaban J connectivity index is 1.86. The molecule has 1 N–H and O–H groups in total. The predicted octanol–water partition coefficient (Wildman–Crippen LogP) is 3.50. The lowest BCUT2D eigenvalue weighted by molar-refractivity contribution is -0.153. The molecule has 0 aliphatic carbocycles. The Labute approximate surface area is 154 Å². The highest BCUT2D eigenvalue weighted by atomic mass is 35.5. The van der Waals surface area contributed by atoms with Crippen LogP contribution in [0.3, 0.4) is 0 Å². The summed E-state index contributed by atoms with van der Waals surface area (Å²) < 4.78 is 10.2. The average Bonchev–Trinajstić information content (AvgIpc) is 2.86. The average molecular weight is 386 g/mol. The molecule has 0 bridgehead atoms. The van der Waals surface area contributed by atoms with Crippen molar-refractivity contribution in [2.75, 3.05) is 5.32 Å². The molecule has 0 spiro atoms. The van der Waals surface area contributed by atoms with Crippen LogP contribution in [0, 0.1) is 13.8 Å². The van der Waals surface area contributed by atoms with Gasteiger partial charge in [0.15, 0.2) is 11.9 Å². The molecule has 2 rings (SSSR count). The van der Waals surface area contributed by atoms with Crippen molar-refractivity contribution in [3.05, 3.63) is 39.3 Å². The second-order valence-electron chi connectivity index (χ2n) is 5.41. The van der Waals surface area contributed by atoms with Crippen molar-refractivity contribution in [1.82, 2.24) is 10.1 Å². The van der Waals surface area contributed by atoms with Gasteiger partial charge in [-0.1, -0.05) is 28.4 Å². The summed E-state index contributed by atoms with van der Waals surface area (Å²) in [5.74, 6) is -0.227. The molecule has 0 saturated carbocycles. The zero-order valence-electron chi connectivity index (χ0n) is 13.9. The van der Waals surface area contributed by atoms with Gasteiger partial charge in [-0.2, -0.15) is 0 Å². The highest BCUT2D eigenvalue weighted by Crippen LogP contribution is 2.22. The summed E-state index contributed by atoms with van der Waals surface area (Å²) in [7, 11) is 0. The molecule has 0 unspecified atom stereocenters. The molecular formula is C16H17Cl2N3O4. The fourth-order valence-corrected chi connectivity index (χ4v) is 2.55. The standard InChI is InChI=1S/C16H17Cl2N3O4/c1-8-12(9(2)25-21-8)4-5-14(22)24-10(3)16(23)20-15-13(18)6-11(17)7-19-15/h6-7,10H,4-5H2,1-3H3,(H,19,20,23)/t10-/m1/s1. The second kappa shape index (κ2) is 8.31. The normalized spacial score (nSPS) is 11.9. The maximum atomic E-state index is 12.1. The lowest BCUT2D eigenvalue weighted by atomic mass is 10.1. The van der Waals surface area contributed by atoms with Crippen LogP contribution in [0.1, 0.15) is 30.4 Å². The lowest BCUT2D eigenvalue weighted by Gasteiger charge is -2.13. The number of esters is 1. The van der Waals surface area contributed by atoms with Gasteiger partial charge in [0.25, 0.3) is 5.91 Å². The molecule has 0 aliphatic heterocycles. The van der Waals surface area contributed by atoms with Crippen LogP contribution in [0.5, 0.6) is 0 Å². The monoisotopic (exact) mass is 385 g/mol. The summed E-state index contributed by atoms with van der Waals surface area (Å²) in [5, 5.41) is 6.85. The molecule has 25 heavy (non-hydrogen) atoms. The van der Waals surface area contributed by atoms with E-state index in [-0.39, 0.29) is 17.3 Å². The van der Waals surface area contributed by atoms with Gasteiger partial charge in [0, 0.05) is 18.2 Å². The van der Waals surface area contributed by atoms with Crippen LogP contribution >= 0.6 is 23.2 Å². The topological polar surface area (TPSA) is 94.3 Å². The first-order chi connectivity index (χ1) is 11.8. The minimum atomic E-state index is -0.995. The van der Waals surface area contributed by atoms with Crippen molar-refractivity contribution < 1.29 is 18.8 Å². The molecule has 0 aliphatic rings. The summed E-state index contributed by atoms with van der Waals surface area (Å²) in [6.45, 7) is 5.04. The molecular weight excluding hydrogens is 369 g/mol. The quantitative estimate of drug-likeness (QED) is 0.764. The van der Waals surface area contributed by atoms with Crippen molar-refractivity contribution in [2.45, 2.75) is 39.7 Å². The number of carbonyl (C=O) groups excluding carboxylic acids is 2. The van der Waals surface area contributed by atoms with Gasteiger partial charge in [-0.05, 0) is 33.3 Å². The van der Waals surface area contributed by atoms with E-state index < -0.39 is 18.0 Å². The van der Waals surface area contributed by atoms with Crippen LogP contribution in [0.2, 0.25) is 10.0 Å². The maximum Gasteiger partial charge on any atom is 0.306 e. The van der Waals surface area contributed by atoms with Crippen molar-refractivity contribution in [2.24, 2.45) is 0 Å². The Kier molecular flexibility index (Phi) is 6.39. The van der Waals surface area contributed by atoms with Gasteiger partial charge in [0.2, 0.25) is 0 Å². The van der Waals surface area contributed by atoms with Crippen LogP contribution in [-0.2, 0) is 20.7 Å². The number of nitrogens with one attached hydrogen (secondary N) is 1. The summed E-state index contributed by atoms with van der Waals surface area (Å²) in [6.07, 6.45) is 0.897. The molecule has 9 heteroatoms. The van der Waals surface area contributed by atoms with Crippen LogP contribution in [0.15, 0.2) is 16.8 Å². The van der Waals surface area contributed by atoms with E-state index >= 15 is 0 Å². The number of hydrogen-bond donors (Lipinski definition) is 1. The second-order valence-corrected chi connectivity index (χ2v) is 6.25. The van der Waals surface area contributed by atoms with Crippen LogP contribution in [0.4, 0.5) is 5.82 Å². The third kappa shape index (κ3) is 5.17. The SMILES string of the molecule is Cc1noc(C)c1CCC(=O)O[C@H](C)C(=O)Nc1ncc(Cl)cc1Cl. The van der Waals surface area contributed by atoms with E-state index in [1.54, 1.807) is 13.8 Å². The van der Waals surface area contributed by atoms with Gasteiger partial charge in [0.05, 0.1) is 15.7 Å². The molecule has 1 amide bonds. The van der Waals surface area contributed by atoms with Gasteiger partial charge < -0.3 is 14.6 Å². The molecule has 0 radical (unpaired) electrons. The van der Waals surface area contributed by atoms with E-state index in [1.165, 1.54) is 19.2 Å². The lowest BCUT2D eigenvalue weighted by Crippen LogP contribution is -2.30. The Morgan fingerprint density at radius 1 is 1.36 bits per heavy atom. The van der Waals surface area contributed by atoms with Crippen LogP contribution in [0.25, 0.3) is 0 Å². The maximum absolute atomic E-state index is 12.1. The fraction of sp³-hybridized carbons (Fsp3) is 0.375. The number of aryl methyl sites for hydroxylation is 2. The zero-order chi connectivity index (χ0) is 18.6. The number of hydrogen-bond acceptors (Lipinski definition) is 6. The van der Waals surface area contributed by atoms with E-state index in [0.717, 1.165) is 11.3 Å². The third-order valence-corrected chi connectivity index (χ3v) is 3.98. The molecule has 0 saturated heterocycles. The van der Waals surface area contributed by atoms with Crippen molar-refractivity contribution >= 4 is 40.9 Å². The molecule has 134 valence electrons. The van der Waals surface area contributed by atoms with Crippen molar-refractivity contribution in [3.8, 4) is 0 Å². The first-order valence-corrected chi connectivity index (χ1v) is 8.26. The highest BCUT2D eigenvalue weighted by Gasteiger charge is 2.20. The Hall–Kier alpha value is -2.12. The summed E-state index contributed by atoms with van der Waals surface area (Å²) >= 11 is 11.7. The molecule has 2 heterocycles. The molecule has 1 atom stereocenters. The number of carbonyl (C=O) groups is 2. The van der Waals surface area contributed by atoms with Gasteiger partial charge in [-0.15, -0.1) is 0 Å². The zero-order valence-corrected chi connectivity index (χ0v) is 15.4. The Morgan fingerprint density at radius 3 is 2.68 bits per heavy atom. The summed E-state index contributed by atoms with van der Waals surface area (Å²) in [5.41, 5.74) is 1.60. The van der Waals surface area contributed by atoms with Gasteiger partial charge >= 0.3 is 5.97 Å². The van der Waals surface area contributed by atoms with Crippen LogP contribution < -0.4 is 5.32 Å². The van der Waals surface area contributed by atoms with E-state index in [2.05, 4.69) is 15.5 Å². The summed E-state index contributed by atoms with van der Waals surface area (Å²) in [4.78, 5) is 27.9. The number of amides is 1. The third-order valence-electron chi connectivity index (χ3n) is 3.49. The van der Waals surface area contributed by atoms with Crippen LogP contribution in [-0.4, -0.2) is 28.1 Å². The molecule has 2 aromatic heterocycles. The number of halogens is 2. The fourth-order valence-electron chi connectivity index (χ4n) is 2.12. The number of anilines is 1. The Morgan fingerprint density at radius 2 is 2.08 bits per heavy atom. The number of pyridine rings is 1. The highest BCUT2D eigenvalue weighted by molar-refractivity contribution is 6.36. The van der Waals surface area contributed by atoms with E-state index in [1.807, 2.05) is 0 Å². The van der Waals surface area contributed by atoms with Gasteiger partial charge in [-0.3, -0.25) is 9.59 Å². The molecule has 0 aromatic carbocycles. The number of nitrogens with zero attached hydrogens (tertiary/aromatic N) is 2. The van der Waals surface area contributed by atoms with Crippen molar-refractivity contribution in [3.63, 3.8) is 0 Å². The van der Waals surface area contributed by atoms with E-state index in [0.29, 0.717) is 17.2 Å². The molecule has 0 fully saturated rings. The molecule has 2 aromatic rings. The minimum Gasteiger partial charge on any atom is -0.453 e.